The van der Waals surface area contributed by atoms with Gasteiger partial charge in [0.25, 0.3) is 5.91 Å². The number of hydrogen-bond donors (Lipinski definition) is 1. The number of carbonyl (C=O) groups excluding carboxylic acids is 1. The number of anilines is 1. The van der Waals surface area contributed by atoms with Gasteiger partial charge in [0.1, 0.15) is 17.2 Å². The lowest BCUT2D eigenvalue weighted by Gasteiger charge is -2.08. The second-order valence-corrected chi connectivity index (χ2v) is 7.34. The van der Waals surface area contributed by atoms with Crippen LogP contribution in [0.3, 0.4) is 0 Å². The molecular weight excluding hydrogens is 404 g/mol. The third-order valence-corrected chi connectivity index (χ3v) is 4.87. The Morgan fingerprint density at radius 3 is 2.44 bits per heavy atom. The summed E-state index contributed by atoms with van der Waals surface area (Å²) >= 11 is 3.48. The highest BCUT2D eigenvalue weighted by atomic mass is 79.9. The molecule has 0 saturated heterocycles. The summed E-state index contributed by atoms with van der Waals surface area (Å²) in [5.74, 6) is 1.36. The SMILES string of the molecule is Cc1ccccc1Oc1ccc(N=C2C(=O)Nc3c(C)cc(Br)cc32)cc1. The largest absolute Gasteiger partial charge is 0.457 e. The number of aliphatic imine (C=N–C) groups is 1. The third-order valence-electron chi connectivity index (χ3n) is 4.41. The molecule has 4 rings (SSSR count). The highest BCUT2D eigenvalue weighted by molar-refractivity contribution is 9.10. The first-order valence-electron chi connectivity index (χ1n) is 8.55. The van der Waals surface area contributed by atoms with Crippen molar-refractivity contribution in [3.63, 3.8) is 0 Å². The number of carbonyl (C=O) groups is 1. The standard InChI is InChI=1S/C22H17BrN2O2/c1-13-5-3-4-6-19(13)27-17-9-7-16(8-10-17)24-21-18-12-15(23)11-14(2)20(18)25-22(21)26/h3-12H,1-2H3,(H,24,25,26). The van der Waals surface area contributed by atoms with Gasteiger partial charge in [0, 0.05) is 10.0 Å². The molecule has 1 aliphatic heterocycles. The van der Waals surface area contributed by atoms with E-state index in [9.17, 15) is 4.79 Å². The Hall–Kier alpha value is -2.92. The van der Waals surface area contributed by atoms with E-state index in [4.69, 9.17) is 4.74 Å². The summed E-state index contributed by atoms with van der Waals surface area (Å²) in [4.78, 5) is 16.9. The van der Waals surface area contributed by atoms with Crippen molar-refractivity contribution >= 4 is 38.9 Å². The summed E-state index contributed by atoms with van der Waals surface area (Å²) in [6, 6.07) is 19.1. The van der Waals surface area contributed by atoms with E-state index in [0.717, 1.165) is 38.3 Å². The first kappa shape index (κ1) is 17.5. The number of nitrogens with zero attached hydrogens (tertiary/aromatic N) is 1. The maximum absolute atomic E-state index is 12.4. The molecule has 0 unspecified atom stereocenters. The molecule has 27 heavy (non-hydrogen) atoms. The van der Waals surface area contributed by atoms with Gasteiger partial charge < -0.3 is 10.1 Å². The third kappa shape index (κ3) is 3.51. The zero-order valence-electron chi connectivity index (χ0n) is 14.9. The molecule has 1 heterocycles. The Labute approximate surface area is 166 Å². The van der Waals surface area contributed by atoms with Crippen molar-refractivity contribution in [3.05, 3.63) is 81.8 Å². The van der Waals surface area contributed by atoms with Crippen LogP contribution in [0.15, 0.2) is 70.1 Å². The van der Waals surface area contributed by atoms with Crippen LogP contribution >= 0.6 is 15.9 Å². The summed E-state index contributed by atoms with van der Waals surface area (Å²) in [6.07, 6.45) is 0. The molecule has 3 aromatic carbocycles. The van der Waals surface area contributed by atoms with Crippen molar-refractivity contribution in [2.45, 2.75) is 13.8 Å². The minimum Gasteiger partial charge on any atom is -0.457 e. The van der Waals surface area contributed by atoms with Gasteiger partial charge >= 0.3 is 0 Å². The second-order valence-electron chi connectivity index (χ2n) is 6.42. The van der Waals surface area contributed by atoms with E-state index < -0.39 is 0 Å². The van der Waals surface area contributed by atoms with Crippen LogP contribution in [0.5, 0.6) is 11.5 Å². The van der Waals surface area contributed by atoms with Crippen molar-refractivity contribution < 1.29 is 9.53 Å². The van der Waals surface area contributed by atoms with Crippen molar-refractivity contribution in [3.8, 4) is 11.5 Å². The van der Waals surface area contributed by atoms with E-state index in [0.29, 0.717) is 11.4 Å². The number of rotatable bonds is 3. The van der Waals surface area contributed by atoms with Gasteiger partial charge in [-0.1, -0.05) is 34.1 Å². The molecule has 0 aromatic heterocycles. The lowest BCUT2D eigenvalue weighted by Crippen LogP contribution is -2.13. The molecule has 0 aliphatic carbocycles. The van der Waals surface area contributed by atoms with E-state index in [-0.39, 0.29) is 5.91 Å². The highest BCUT2D eigenvalue weighted by Crippen LogP contribution is 2.32. The van der Waals surface area contributed by atoms with Crippen LogP contribution in [0.2, 0.25) is 0 Å². The quantitative estimate of drug-likeness (QED) is 0.570. The summed E-state index contributed by atoms with van der Waals surface area (Å²) in [7, 11) is 0. The predicted octanol–water partition coefficient (Wildman–Crippen LogP) is 5.93. The molecule has 0 bridgehead atoms. The Kier molecular flexibility index (Phi) is 4.54. The van der Waals surface area contributed by atoms with Crippen LogP contribution < -0.4 is 10.1 Å². The number of benzene rings is 3. The molecule has 0 atom stereocenters. The fraction of sp³-hybridized carbons (Fsp3) is 0.0909. The zero-order chi connectivity index (χ0) is 19.0. The maximum Gasteiger partial charge on any atom is 0.275 e. The molecule has 3 aromatic rings. The molecule has 0 saturated carbocycles. The van der Waals surface area contributed by atoms with Crippen molar-refractivity contribution in [2.24, 2.45) is 4.99 Å². The molecule has 134 valence electrons. The Bertz CT molecular complexity index is 1070. The van der Waals surface area contributed by atoms with Gasteiger partial charge in [0.2, 0.25) is 0 Å². The number of fused-ring (bicyclic) bond motifs is 1. The maximum atomic E-state index is 12.4. The minimum atomic E-state index is -0.188. The first-order valence-corrected chi connectivity index (χ1v) is 9.34. The average molecular weight is 421 g/mol. The monoisotopic (exact) mass is 420 g/mol. The van der Waals surface area contributed by atoms with E-state index >= 15 is 0 Å². The molecule has 4 nitrogen and oxygen atoms in total. The molecule has 1 amide bonds. The number of aryl methyl sites for hydroxylation is 2. The number of hydrogen-bond acceptors (Lipinski definition) is 3. The van der Waals surface area contributed by atoms with E-state index in [1.54, 1.807) is 0 Å². The second kappa shape index (κ2) is 7.00. The van der Waals surface area contributed by atoms with Crippen LogP contribution in [0, 0.1) is 13.8 Å². The summed E-state index contributed by atoms with van der Waals surface area (Å²) in [5, 5.41) is 2.90. The van der Waals surface area contributed by atoms with Gasteiger partial charge in [-0.25, -0.2) is 4.99 Å². The van der Waals surface area contributed by atoms with Gasteiger partial charge in [-0.3, -0.25) is 4.79 Å². The van der Waals surface area contributed by atoms with Crippen LogP contribution in [0.25, 0.3) is 0 Å². The number of nitrogens with one attached hydrogen (secondary N) is 1. The number of para-hydroxylation sites is 1. The molecule has 0 fully saturated rings. The van der Waals surface area contributed by atoms with E-state index in [2.05, 4.69) is 26.2 Å². The Balaban J connectivity index is 1.62. The van der Waals surface area contributed by atoms with Crippen LogP contribution in [0.4, 0.5) is 11.4 Å². The molecule has 1 aliphatic rings. The lowest BCUT2D eigenvalue weighted by atomic mass is 10.1. The van der Waals surface area contributed by atoms with Crippen LogP contribution in [-0.2, 0) is 4.79 Å². The summed E-state index contributed by atoms with van der Waals surface area (Å²) < 4.78 is 6.83. The normalized spacial score (nSPS) is 14.2. The Morgan fingerprint density at radius 2 is 1.70 bits per heavy atom. The van der Waals surface area contributed by atoms with E-state index in [1.807, 2.05) is 74.5 Å². The Morgan fingerprint density at radius 1 is 0.963 bits per heavy atom. The van der Waals surface area contributed by atoms with E-state index in [1.165, 1.54) is 0 Å². The van der Waals surface area contributed by atoms with Crippen molar-refractivity contribution in [1.82, 2.24) is 0 Å². The van der Waals surface area contributed by atoms with Crippen LogP contribution in [0.1, 0.15) is 16.7 Å². The smallest absolute Gasteiger partial charge is 0.275 e. The van der Waals surface area contributed by atoms with Crippen molar-refractivity contribution in [2.75, 3.05) is 5.32 Å². The zero-order valence-corrected chi connectivity index (χ0v) is 16.5. The predicted molar refractivity (Wildman–Crippen MR) is 111 cm³/mol. The fourth-order valence-corrected chi connectivity index (χ4v) is 3.59. The molecule has 1 N–H and O–H groups in total. The summed E-state index contributed by atoms with van der Waals surface area (Å²) in [5.41, 5.74) is 4.82. The van der Waals surface area contributed by atoms with Gasteiger partial charge in [-0.2, -0.15) is 0 Å². The molecular formula is C22H17BrN2O2. The molecule has 0 radical (unpaired) electrons. The first-order chi connectivity index (χ1) is 13.0. The molecule has 5 heteroatoms. The lowest BCUT2D eigenvalue weighted by molar-refractivity contribution is -0.110. The average Bonchev–Trinajstić information content (AvgIpc) is 2.95. The van der Waals surface area contributed by atoms with Crippen LogP contribution in [-0.4, -0.2) is 11.6 Å². The topological polar surface area (TPSA) is 50.7 Å². The van der Waals surface area contributed by atoms with Crippen molar-refractivity contribution in [1.29, 1.82) is 0 Å². The highest BCUT2D eigenvalue weighted by Gasteiger charge is 2.27. The summed E-state index contributed by atoms with van der Waals surface area (Å²) in [6.45, 7) is 3.97. The fourth-order valence-electron chi connectivity index (χ4n) is 3.02. The number of amides is 1. The van der Waals surface area contributed by atoms with Gasteiger partial charge in [-0.15, -0.1) is 0 Å². The van der Waals surface area contributed by atoms with Gasteiger partial charge in [0.15, 0.2) is 0 Å². The van der Waals surface area contributed by atoms with Gasteiger partial charge in [0.05, 0.1) is 11.4 Å². The number of halogens is 1. The molecule has 0 spiro atoms. The van der Waals surface area contributed by atoms with Gasteiger partial charge in [-0.05, 0) is 67.4 Å². The minimum absolute atomic E-state index is 0.188. The number of ether oxygens (including phenoxy) is 1.